The molecule has 4 unspecified atom stereocenters. The van der Waals surface area contributed by atoms with Crippen LogP contribution in [0, 0.1) is 0 Å². The van der Waals surface area contributed by atoms with E-state index >= 15 is 0 Å². The third-order valence-corrected chi connectivity index (χ3v) is 10.2. The Kier molecular flexibility index (Phi) is 18.5. The number of unbranched alkanes of at least 4 members (excludes halogenated alkanes) is 12. The Morgan fingerprint density at radius 1 is 0.745 bits per heavy atom. The van der Waals surface area contributed by atoms with Crippen LogP contribution >= 0.6 is 0 Å². The number of aliphatic hydroxyl groups is 1. The molecule has 1 heterocycles. The van der Waals surface area contributed by atoms with Gasteiger partial charge in [-0.1, -0.05) is 169 Å². The number of carbonyl (C=O) groups excluding carboxylic acids is 1. The van der Waals surface area contributed by atoms with Crippen molar-refractivity contribution < 1.29 is 19.4 Å². The minimum atomic E-state index is -0.561. The standard InChI is InChI=1S/C45H64N2O4/c1-4-6-7-8-9-10-11-12-13-14-15-16-20-23-42(49)46-33-36-24-30-40(31-25-36)45-50-41(34-47(3)32-5-2)43(38-21-18-17-19-22-38)44(51-45)39-28-26-37(35-48)27-29-39/h5,17-19,21-22,24-31,41,43-45,48H,2,4,6-16,20,23,32-35H2,1,3H3,(H,46,49). The lowest BCUT2D eigenvalue weighted by atomic mass is 9.83. The zero-order valence-electron chi connectivity index (χ0n) is 31.4. The highest BCUT2D eigenvalue weighted by Crippen LogP contribution is 2.47. The quantitative estimate of drug-likeness (QED) is 0.0721. The van der Waals surface area contributed by atoms with E-state index in [4.69, 9.17) is 9.47 Å². The first-order chi connectivity index (χ1) is 25.0. The summed E-state index contributed by atoms with van der Waals surface area (Å²) in [7, 11) is 2.09. The van der Waals surface area contributed by atoms with Crippen LogP contribution in [-0.4, -0.2) is 42.2 Å². The van der Waals surface area contributed by atoms with Crippen LogP contribution in [-0.2, 0) is 27.4 Å². The van der Waals surface area contributed by atoms with Crippen molar-refractivity contribution in [2.24, 2.45) is 0 Å². The fourth-order valence-electron chi connectivity index (χ4n) is 7.15. The maximum absolute atomic E-state index is 12.6. The minimum Gasteiger partial charge on any atom is -0.392 e. The fraction of sp³-hybridized carbons (Fsp3) is 0.533. The number of rotatable bonds is 24. The molecule has 4 rings (SSSR count). The van der Waals surface area contributed by atoms with Gasteiger partial charge in [0.05, 0.1) is 18.8 Å². The van der Waals surface area contributed by atoms with Gasteiger partial charge < -0.3 is 24.8 Å². The molecule has 0 aromatic heterocycles. The normalized spacial score (nSPS) is 18.9. The lowest BCUT2D eigenvalue weighted by molar-refractivity contribution is -0.263. The van der Waals surface area contributed by atoms with Gasteiger partial charge in [-0.05, 0) is 35.7 Å². The van der Waals surface area contributed by atoms with Gasteiger partial charge in [-0.2, -0.15) is 0 Å². The molecule has 1 fully saturated rings. The van der Waals surface area contributed by atoms with E-state index in [-0.39, 0.29) is 30.6 Å². The van der Waals surface area contributed by atoms with Gasteiger partial charge in [0.15, 0.2) is 6.29 Å². The number of carbonyl (C=O) groups is 1. The van der Waals surface area contributed by atoms with E-state index in [0.29, 0.717) is 19.5 Å². The van der Waals surface area contributed by atoms with E-state index in [1.165, 1.54) is 70.6 Å². The first kappa shape index (κ1) is 40.5. The second-order valence-corrected chi connectivity index (χ2v) is 14.4. The average molecular weight is 697 g/mol. The molecular formula is C45H64N2O4. The zero-order valence-corrected chi connectivity index (χ0v) is 31.4. The lowest BCUT2D eigenvalue weighted by Crippen LogP contribution is -2.43. The molecule has 6 heteroatoms. The summed E-state index contributed by atoms with van der Waals surface area (Å²) in [6, 6.07) is 26.7. The van der Waals surface area contributed by atoms with Crippen LogP contribution in [0.15, 0.2) is 91.5 Å². The third-order valence-electron chi connectivity index (χ3n) is 10.2. The van der Waals surface area contributed by atoms with Gasteiger partial charge in [-0.25, -0.2) is 0 Å². The smallest absolute Gasteiger partial charge is 0.220 e. The first-order valence-corrected chi connectivity index (χ1v) is 19.7. The number of aliphatic hydroxyl groups excluding tert-OH is 1. The van der Waals surface area contributed by atoms with Crippen molar-refractivity contribution in [1.82, 2.24) is 10.2 Å². The Morgan fingerprint density at radius 3 is 1.90 bits per heavy atom. The number of nitrogens with one attached hydrogen (secondary N) is 1. The molecule has 2 N–H and O–H groups in total. The lowest BCUT2D eigenvalue weighted by Gasteiger charge is -2.44. The van der Waals surface area contributed by atoms with Crippen molar-refractivity contribution in [3.63, 3.8) is 0 Å². The largest absolute Gasteiger partial charge is 0.392 e. The molecule has 1 saturated heterocycles. The molecule has 3 aromatic carbocycles. The van der Waals surface area contributed by atoms with Crippen LogP contribution in [0.3, 0.4) is 0 Å². The molecule has 1 aliphatic rings. The summed E-state index contributed by atoms with van der Waals surface area (Å²) in [4.78, 5) is 14.8. The van der Waals surface area contributed by atoms with E-state index in [9.17, 15) is 9.90 Å². The molecule has 6 nitrogen and oxygen atoms in total. The summed E-state index contributed by atoms with van der Waals surface area (Å²) in [6.07, 6.45) is 18.5. The summed E-state index contributed by atoms with van der Waals surface area (Å²) in [5, 5.41) is 12.8. The van der Waals surface area contributed by atoms with Crippen LogP contribution in [0.1, 0.15) is 143 Å². The second kappa shape index (κ2) is 23.3. The Hall–Kier alpha value is -3.29. The van der Waals surface area contributed by atoms with E-state index in [1.54, 1.807) is 0 Å². The molecule has 4 atom stereocenters. The molecule has 1 amide bonds. The van der Waals surface area contributed by atoms with Gasteiger partial charge in [0, 0.05) is 37.5 Å². The topological polar surface area (TPSA) is 71.0 Å². The van der Waals surface area contributed by atoms with E-state index < -0.39 is 6.29 Å². The molecule has 0 spiro atoms. The molecule has 0 aliphatic carbocycles. The van der Waals surface area contributed by atoms with Crippen molar-refractivity contribution >= 4 is 5.91 Å². The van der Waals surface area contributed by atoms with Crippen LogP contribution in [0.2, 0.25) is 0 Å². The minimum absolute atomic E-state index is 0.000863. The highest BCUT2D eigenvalue weighted by Gasteiger charge is 2.42. The van der Waals surface area contributed by atoms with E-state index in [2.05, 4.69) is 91.4 Å². The third kappa shape index (κ3) is 14.0. The molecule has 278 valence electrons. The number of benzene rings is 3. The maximum Gasteiger partial charge on any atom is 0.220 e. The monoisotopic (exact) mass is 696 g/mol. The number of hydrogen-bond donors (Lipinski definition) is 2. The fourth-order valence-corrected chi connectivity index (χ4v) is 7.15. The predicted molar refractivity (Wildman–Crippen MR) is 209 cm³/mol. The second-order valence-electron chi connectivity index (χ2n) is 14.4. The highest BCUT2D eigenvalue weighted by atomic mass is 16.7. The average Bonchev–Trinajstić information content (AvgIpc) is 3.16. The summed E-state index contributed by atoms with van der Waals surface area (Å²) in [6.45, 7) is 8.18. The number of likely N-dealkylation sites (N-methyl/N-ethyl adjacent to an activating group) is 1. The molecule has 51 heavy (non-hydrogen) atoms. The van der Waals surface area contributed by atoms with Crippen LogP contribution < -0.4 is 5.32 Å². The van der Waals surface area contributed by atoms with Gasteiger partial charge in [-0.15, -0.1) is 6.58 Å². The molecule has 0 bridgehead atoms. The summed E-state index contributed by atoms with van der Waals surface area (Å²) < 4.78 is 13.6. The van der Waals surface area contributed by atoms with Crippen molar-refractivity contribution in [1.29, 1.82) is 0 Å². The number of nitrogens with zero attached hydrogens (tertiary/aromatic N) is 1. The van der Waals surface area contributed by atoms with Gasteiger partial charge in [0.1, 0.15) is 0 Å². The van der Waals surface area contributed by atoms with Crippen molar-refractivity contribution in [3.05, 3.63) is 119 Å². The summed E-state index contributed by atoms with van der Waals surface area (Å²) in [5.74, 6) is 0.0775. The van der Waals surface area contributed by atoms with Gasteiger partial charge in [0.25, 0.3) is 0 Å². The Balaban J connectivity index is 1.28. The predicted octanol–water partition coefficient (Wildman–Crippen LogP) is 10.3. The van der Waals surface area contributed by atoms with Crippen LogP contribution in [0.5, 0.6) is 0 Å². The molecule has 0 saturated carbocycles. The Labute approximate surface area is 308 Å². The van der Waals surface area contributed by atoms with Crippen LogP contribution in [0.25, 0.3) is 0 Å². The van der Waals surface area contributed by atoms with Gasteiger partial charge >= 0.3 is 0 Å². The number of hydrogen-bond acceptors (Lipinski definition) is 5. The molecule has 1 aliphatic heterocycles. The first-order valence-electron chi connectivity index (χ1n) is 19.7. The SMILES string of the molecule is C=CCN(C)CC1OC(c2ccc(CNC(=O)CCCCCCCCCCCCCCC)cc2)OC(c2ccc(CO)cc2)C1c1ccccc1. The van der Waals surface area contributed by atoms with E-state index in [0.717, 1.165) is 47.2 Å². The molecule has 0 radical (unpaired) electrons. The van der Waals surface area contributed by atoms with Crippen molar-refractivity contribution in [2.75, 3.05) is 20.1 Å². The maximum atomic E-state index is 12.6. The summed E-state index contributed by atoms with van der Waals surface area (Å²) >= 11 is 0. The zero-order chi connectivity index (χ0) is 36.1. The van der Waals surface area contributed by atoms with E-state index in [1.807, 2.05) is 24.3 Å². The Bertz CT molecular complexity index is 1380. The molecule has 3 aromatic rings. The summed E-state index contributed by atoms with van der Waals surface area (Å²) in [5.41, 5.74) is 5.07. The Morgan fingerprint density at radius 2 is 1.31 bits per heavy atom. The van der Waals surface area contributed by atoms with Crippen LogP contribution in [0.4, 0.5) is 0 Å². The van der Waals surface area contributed by atoms with Crippen molar-refractivity contribution in [3.8, 4) is 0 Å². The van der Waals surface area contributed by atoms with Gasteiger partial charge in [-0.3, -0.25) is 4.79 Å². The van der Waals surface area contributed by atoms with Crippen molar-refractivity contribution in [2.45, 2.75) is 134 Å². The number of ether oxygens (including phenoxy) is 2. The highest BCUT2D eigenvalue weighted by molar-refractivity contribution is 5.75. The van der Waals surface area contributed by atoms with Gasteiger partial charge in [0.2, 0.25) is 5.91 Å². The number of amides is 1. The molecular weight excluding hydrogens is 633 g/mol.